The van der Waals surface area contributed by atoms with E-state index in [1.165, 1.54) is 12.8 Å². The minimum Gasteiger partial charge on any atom is -0.349 e. The molecule has 0 radical (unpaired) electrons. The molecule has 0 aliphatic heterocycles. The predicted molar refractivity (Wildman–Crippen MR) is 78.6 cm³/mol. The van der Waals surface area contributed by atoms with Crippen LogP contribution in [0.15, 0.2) is 24.3 Å². The van der Waals surface area contributed by atoms with Crippen molar-refractivity contribution in [1.82, 2.24) is 10.2 Å². The first kappa shape index (κ1) is 14.4. The number of nitrogens with one attached hydrogen (secondary N) is 2. The molecule has 0 unspecified atom stereocenters. The Morgan fingerprint density at radius 1 is 1.20 bits per heavy atom. The lowest BCUT2D eigenvalue weighted by atomic mass is 10.1. The summed E-state index contributed by atoms with van der Waals surface area (Å²) < 4.78 is 0. The number of anilines is 1. The van der Waals surface area contributed by atoms with Crippen LogP contribution in [0.3, 0.4) is 0 Å². The van der Waals surface area contributed by atoms with Crippen LogP contribution in [0.2, 0.25) is 0 Å². The molecule has 1 aliphatic rings. The summed E-state index contributed by atoms with van der Waals surface area (Å²) in [5.41, 5.74) is 1.67. The van der Waals surface area contributed by atoms with Crippen LogP contribution in [0.4, 0.5) is 10.5 Å². The van der Waals surface area contributed by atoms with Gasteiger partial charge in [0.2, 0.25) is 5.91 Å². The molecule has 5 heteroatoms. The average Bonchev–Trinajstić information content (AvgIpc) is 3.22. The second-order valence-corrected chi connectivity index (χ2v) is 5.44. The Bertz CT molecular complexity index is 478. The van der Waals surface area contributed by atoms with Crippen molar-refractivity contribution in [2.45, 2.75) is 19.3 Å². The molecule has 108 valence electrons. The molecule has 2 rings (SSSR count). The summed E-state index contributed by atoms with van der Waals surface area (Å²) in [5, 5.41) is 5.63. The molecule has 0 atom stereocenters. The van der Waals surface area contributed by atoms with Crippen LogP contribution in [-0.2, 0) is 11.2 Å². The van der Waals surface area contributed by atoms with E-state index in [1.807, 2.05) is 24.3 Å². The number of carbonyl (C=O) groups is 2. The van der Waals surface area contributed by atoms with Crippen molar-refractivity contribution >= 4 is 17.6 Å². The first-order valence-corrected chi connectivity index (χ1v) is 6.88. The smallest absolute Gasteiger partial charge is 0.319 e. The monoisotopic (exact) mass is 275 g/mol. The van der Waals surface area contributed by atoms with Gasteiger partial charge in [0.25, 0.3) is 0 Å². The van der Waals surface area contributed by atoms with Crippen LogP contribution in [-0.4, -0.2) is 37.5 Å². The van der Waals surface area contributed by atoms with E-state index in [-0.39, 0.29) is 11.9 Å². The lowest BCUT2D eigenvalue weighted by Crippen LogP contribution is -2.30. The van der Waals surface area contributed by atoms with Crippen LogP contribution < -0.4 is 10.6 Å². The molecular weight excluding hydrogens is 254 g/mol. The van der Waals surface area contributed by atoms with Crippen molar-refractivity contribution in [3.8, 4) is 0 Å². The van der Waals surface area contributed by atoms with Crippen molar-refractivity contribution in [1.29, 1.82) is 0 Å². The van der Waals surface area contributed by atoms with Gasteiger partial charge in [0.05, 0.1) is 6.42 Å². The summed E-state index contributed by atoms with van der Waals surface area (Å²) in [6.07, 6.45) is 2.81. The molecule has 0 spiro atoms. The van der Waals surface area contributed by atoms with Gasteiger partial charge in [-0.15, -0.1) is 0 Å². The Balaban J connectivity index is 1.80. The molecular formula is C15H21N3O2. The molecule has 1 saturated carbocycles. The highest BCUT2D eigenvalue weighted by Crippen LogP contribution is 2.27. The lowest BCUT2D eigenvalue weighted by molar-refractivity contribution is -0.127. The highest BCUT2D eigenvalue weighted by molar-refractivity contribution is 5.89. The zero-order valence-electron chi connectivity index (χ0n) is 12.0. The van der Waals surface area contributed by atoms with Crippen molar-refractivity contribution in [2.24, 2.45) is 5.92 Å². The van der Waals surface area contributed by atoms with Crippen molar-refractivity contribution in [2.75, 3.05) is 26.0 Å². The molecule has 3 amide bonds. The fourth-order valence-corrected chi connectivity index (χ4v) is 1.77. The highest BCUT2D eigenvalue weighted by atomic mass is 16.2. The van der Waals surface area contributed by atoms with Crippen molar-refractivity contribution in [3.05, 3.63) is 29.8 Å². The van der Waals surface area contributed by atoms with Crippen molar-refractivity contribution in [3.63, 3.8) is 0 Å². The SMILES string of the molecule is CN(C)C(=O)Cc1ccc(NC(=O)NCC2CC2)cc1. The first-order valence-electron chi connectivity index (χ1n) is 6.88. The number of benzene rings is 1. The minimum atomic E-state index is -0.172. The van der Waals surface area contributed by atoms with Gasteiger partial charge in [-0.1, -0.05) is 12.1 Å². The van der Waals surface area contributed by atoms with Gasteiger partial charge in [0, 0.05) is 26.3 Å². The maximum absolute atomic E-state index is 11.6. The number of nitrogens with zero attached hydrogens (tertiary/aromatic N) is 1. The number of amides is 3. The van der Waals surface area contributed by atoms with Crippen LogP contribution in [0.5, 0.6) is 0 Å². The lowest BCUT2D eigenvalue weighted by Gasteiger charge is -2.11. The van der Waals surface area contributed by atoms with E-state index in [4.69, 9.17) is 0 Å². The molecule has 5 nitrogen and oxygen atoms in total. The number of hydrogen-bond acceptors (Lipinski definition) is 2. The van der Waals surface area contributed by atoms with Crippen LogP contribution >= 0.6 is 0 Å². The average molecular weight is 275 g/mol. The number of carbonyl (C=O) groups excluding carboxylic acids is 2. The number of rotatable bonds is 5. The third-order valence-electron chi connectivity index (χ3n) is 3.31. The molecule has 1 fully saturated rings. The molecule has 20 heavy (non-hydrogen) atoms. The third kappa shape index (κ3) is 4.57. The summed E-state index contributed by atoms with van der Waals surface area (Å²) in [7, 11) is 3.48. The standard InChI is InChI=1S/C15H21N3O2/c1-18(2)14(19)9-11-5-7-13(8-6-11)17-15(20)16-10-12-3-4-12/h5-8,12H,3-4,9-10H2,1-2H3,(H2,16,17,20). The molecule has 0 bridgehead atoms. The largest absolute Gasteiger partial charge is 0.349 e. The van der Waals surface area contributed by atoms with E-state index in [0.29, 0.717) is 12.3 Å². The van der Waals surface area contributed by atoms with E-state index in [0.717, 1.165) is 17.8 Å². The van der Waals surface area contributed by atoms with Gasteiger partial charge in [-0.2, -0.15) is 0 Å². The normalized spacial score (nSPS) is 13.7. The number of hydrogen-bond donors (Lipinski definition) is 2. The van der Waals surface area contributed by atoms with Crippen LogP contribution in [0.1, 0.15) is 18.4 Å². The van der Waals surface area contributed by atoms with Gasteiger partial charge >= 0.3 is 6.03 Å². The highest BCUT2D eigenvalue weighted by Gasteiger charge is 2.21. The zero-order valence-corrected chi connectivity index (χ0v) is 12.0. The summed E-state index contributed by atoms with van der Waals surface area (Å²) in [6, 6.07) is 7.17. The quantitative estimate of drug-likeness (QED) is 0.861. The van der Waals surface area contributed by atoms with Gasteiger partial charge in [-0.05, 0) is 36.5 Å². The third-order valence-corrected chi connectivity index (χ3v) is 3.31. The Morgan fingerprint density at radius 3 is 2.40 bits per heavy atom. The fraction of sp³-hybridized carbons (Fsp3) is 0.467. The van der Waals surface area contributed by atoms with Gasteiger partial charge < -0.3 is 15.5 Å². The van der Waals surface area contributed by atoms with E-state index >= 15 is 0 Å². The minimum absolute atomic E-state index is 0.0629. The van der Waals surface area contributed by atoms with Crippen LogP contribution in [0, 0.1) is 5.92 Å². The second-order valence-electron chi connectivity index (χ2n) is 5.44. The molecule has 2 N–H and O–H groups in total. The maximum atomic E-state index is 11.6. The summed E-state index contributed by atoms with van der Waals surface area (Å²) in [5.74, 6) is 0.730. The molecule has 1 aromatic carbocycles. The second kappa shape index (κ2) is 6.41. The Hall–Kier alpha value is -2.04. The Morgan fingerprint density at radius 2 is 1.85 bits per heavy atom. The Labute approximate surface area is 119 Å². The first-order chi connectivity index (χ1) is 9.54. The zero-order chi connectivity index (χ0) is 14.5. The van der Waals surface area contributed by atoms with E-state index in [9.17, 15) is 9.59 Å². The van der Waals surface area contributed by atoms with Crippen molar-refractivity contribution < 1.29 is 9.59 Å². The number of urea groups is 1. The van der Waals surface area contributed by atoms with Gasteiger partial charge in [0.15, 0.2) is 0 Å². The summed E-state index contributed by atoms with van der Waals surface area (Å²) >= 11 is 0. The molecule has 1 aliphatic carbocycles. The van der Waals surface area contributed by atoms with Gasteiger partial charge in [-0.25, -0.2) is 4.79 Å². The molecule has 1 aromatic rings. The van der Waals surface area contributed by atoms with Gasteiger partial charge in [-0.3, -0.25) is 4.79 Å². The van der Waals surface area contributed by atoms with Gasteiger partial charge in [0.1, 0.15) is 0 Å². The molecule has 0 aromatic heterocycles. The molecule has 0 saturated heterocycles. The topological polar surface area (TPSA) is 61.4 Å². The summed E-state index contributed by atoms with van der Waals surface area (Å²) in [6.45, 7) is 0.751. The summed E-state index contributed by atoms with van der Waals surface area (Å²) in [4.78, 5) is 24.8. The maximum Gasteiger partial charge on any atom is 0.319 e. The number of likely N-dealkylation sites (N-methyl/N-ethyl adjacent to an activating group) is 1. The predicted octanol–water partition coefficient (Wildman–Crippen LogP) is 1.85. The molecule has 0 heterocycles. The Kier molecular flexibility index (Phi) is 4.61. The van der Waals surface area contributed by atoms with E-state index in [1.54, 1.807) is 19.0 Å². The van der Waals surface area contributed by atoms with E-state index < -0.39 is 0 Å². The fourth-order valence-electron chi connectivity index (χ4n) is 1.77. The van der Waals surface area contributed by atoms with Crippen LogP contribution in [0.25, 0.3) is 0 Å². The van der Waals surface area contributed by atoms with E-state index in [2.05, 4.69) is 10.6 Å².